The van der Waals surface area contributed by atoms with Gasteiger partial charge in [0.15, 0.2) is 5.82 Å². The summed E-state index contributed by atoms with van der Waals surface area (Å²) in [6, 6.07) is 20.0. The van der Waals surface area contributed by atoms with Gasteiger partial charge in [-0.1, -0.05) is 30.3 Å². The van der Waals surface area contributed by atoms with Gasteiger partial charge in [0.2, 0.25) is 5.95 Å². The normalized spacial score (nSPS) is 21.0. The molecule has 176 valence electrons. The van der Waals surface area contributed by atoms with Gasteiger partial charge in [-0.25, -0.2) is 9.78 Å². The minimum atomic E-state index is -0.0462. The third-order valence-electron chi connectivity index (χ3n) is 7.24. The number of para-hydroxylation sites is 2. The molecule has 2 aromatic heterocycles. The van der Waals surface area contributed by atoms with E-state index >= 15 is 0 Å². The van der Waals surface area contributed by atoms with Crippen LogP contribution >= 0.6 is 0 Å². The zero-order valence-electron chi connectivity index (χ0n) is 19.2. The summed E-state index contributed by atoms with van der Waals surface area (Å²) in [4.78, 5) is 26.9. The van der Waals surface area contributed by atoms with Crippen LogP contribution < -0.4 is 15.5 Å². The minimum Gasteiger partial charge on any atom is -0.334 e. The van der Waals surface area contributed by atoms with E-state index in [9.17, 15) is 4.79 Å². The van der Waals surface area contributed by atoms with Gasteiger partial charge >= 0.3 is 6.03 Å². The highest BCUT2D eigenvalue weighted by atomic mass is 16.2. The molecule has 9 heteroatoms. The molecule has 2 aliphatic heterocycles. The monoisotopic (exact) mass is 466 g/mol. The van der Waals surface area contributed by atoms with Crippen LogP contribution in [-0.4, -0.2) is 56.3 Å². The minimum absolute atomic E-state index is 0.0462. The van der Waals surface area contributed by atoms with Crippen LogP contribution in [-0.2, 0) is 0 Å². The maximum absolute atomic E-state index is 12.9. The standard InChI is InChI=1S/C26H26N8O/c35-26(27-17-6-2-1-3-7-17)34-15-18-12-19(34)14-33(18)25-28-21-9-5-4-8-20(21)24(30-25)29-23-13-22(31-32-23)16-10-11-16/h1-9,13,16,18-19H,10-12,14-15H2,(H,27,35)(H2,28,29,30,31,32). The molecule has 2 unspecified atom stereocenters. The van der Waals surface area contributed by atoms with Gasteiger partial charge in [0, 0.05) is 41.8 Å². The second-order valence-electron chi connectivity index (χ2n) is 9.64. The van der Waals surface area contributed by atoms with Gasteiger partial charge in [0.1, 0.15) is 5.82 Å². The van der Waals surface area contributed by atoms with Crippen LogP contribution in [0.2, 0.25) is 0 Å². The lowest BCUT2D eigenvalue weighted by molar-refractivity contribution is 0.202. The van der Waals surface area contributed by atoms with Gasteiger partial charge in [-0.05, 0) is 43.5 Å². The van der Waals surface area contributed by atoms with Crippen molar-refractivity contribution in [2.45, 2.75) is 37.3 Å². The van der Waals surface area contributed by atoms with E-state index in [-0.39, 0.29) is 18.1 Å². The van der Waals surface area contributed by atoms with Crippen molar-refractivity contribution in [1.82, 2.24) is 25.1 Å². The van der Waals surface area contributed by atoms with Crippen molar-refractivity contribution < 1.29 is 4.79 Å². The van der Waals surface area contributed by atoms with Crippen molar-refractivity contribution in [2.24, 2.45) is 0 Å². The summed E-state index contributed by atoms with van der Waals surface area (Å²) in [6.07, 6.45) is 3.37. The zero-order valence-corrected chi connectivity index (χ0v) is 19.2. The molecule has 2 aromatic carbocycles. The summed E-state index contributed by atoms with van der Waals surface area (Å²) in [5.74, 6) is 2.83. The van der Waals surface area contributed by atoms with Crippen LogP contribution in [0.4, 0.5) is 28.1 Å². The molecule has 3 fully saturated rings. The van der Waals surface area contributed by atoms with E-state index in [1.165, 1.54) is 18.5 Å². The van der Waals surface area contributed by atoms with E-state index in [1.807, 2.05) is 59.5 Å². The van der Waals surface area contributed by atoms with Crippen LogP contribution in [0.1, 0.15) is 30.9 Å². The Labute approximate surface area is 202 Å². The lowest BCUT2D eigenvalue weighted by atomic mass is 10.2. The van der Waals surface area contributed by atoms with Crippen LogP contribution in [0.3, 0.4) is 0 Å². The van der Waals surface area contributed by atoms with E-state index in [0.717, 1.165) is 41.2 Å². The molecule has 2 atom stereocenters. The average Bonchev–Trinajstić information content (AvgIpc) is 3.29. The number of rotatable bonds is 5. The number of fused-ring (bicyclic) bond motifs is 3. The first kappa shape index (κ1) is 20.3. The van der Waals surface area contributed by atoms with Gasteiger partial charge < -0.3 is 20.4 Å². The quantitative estimate of drug-likeness (QED) is 0.401. The Balaban J connectivity index is 1.12. The summed E-state index contributed by atoms with van der Waals surface area (Å²) >= 11 is 0. The number of aromatic amines is 1. The third-order valence-corrected chi connectivity index (χ3v) is 7.24. The fraction of sp³-hybridized carbons (Fsp3) is 0.308. The summed E-state index contributed by atoms with van der Waals surface area (Å²) in [5, 5.41) is 15.0. The fourth-order valence-corrected chi connectivity index (χ4v) is 5.29. The predicted octanol–water partition coefficient (Wildman–Crippen LogP) is 4.47. The molecule has 0 radical (unpaired) electrons. The molecular weight excluding hydrogens is 440 g/mol. The number of H-pyrrole nitrogens is 1. The topological polar surface area (TPSA) is 102 Å². The number of carbonyl (C=O) groups is 1. The van der Waals surface area contributed by atoms with Crippen molar-refractivity contribution in [3.63, 3.8) is 0 Å². The number of anilines is 4. The highest BCUT2D eigenvalue weighted by Gasteiger charge is 2.46. The number of likely N-dealkylation sites (tertiary alicyclic amines) is 1. The van der Waals surface area contributed by atoms with E-state index in [0.29, 0.717) is 18.4 Å². The fourth-order valence-electron chi connectivity index (χ4n) is 5.29. The number of benzene rings is 2. The van der Waals surface area contributed by atoms with E-state index in [2.05, 4.69) is 31.8 Å². The Morgan fingerprint density at radius 2 is 1.80 bits per heavy atom. The molecule has 2 amide bonds. The number of amides is 2. The van der Waals surface area contributed by atoms with Gasteiger partial charge in [-0.15, -0.1) is 0 Å². The average molecular weight is 467 g/mol. The molecule has 3 N–H and O–H groups in total. The molecule has 9 nitrogen and oxygen atoms in total. The van der Waals surface area contributed by atoms with Crippen LogP contribution in [0, 0.1) is 0 Å². The summed E-state index contributed by atoms with van der Waals surface area (Å²) in [5.41, 5.74) is 2.88. The smallest absolute Gasteiger partial charge is 0.322 e. The number of nitrogens with zero attached hydrogens (tertiary/aromatic N) is 5. The summed E-state index contributed by atoms with van der Waals surface area (Å²) < 4.78 is 0. The largest absolute Gasteiger partial charge is 0.334 e. The van der Waals surface area contributed by atoms with Crippen molar-refractivity contribution in [3.8, 4) is 0 Å². The van der Waals surface area contributed by atoms with E-state index < -0.39 is 0 Å². The molecule has 1 aliphatic carbocycles. The van der Waals surface area contributed by atoms with Crippen molar-refractivity contribution >= 4 is 40.2 Å². The summed E-state index contributed by atoms with van der Waals surface area (Å²) in [6.45, 7) is 1.38. The number of carbonyl (C=O) groups excluding carboxylic acids is 1. The van der Waals surface area contributed by atoms with Crippen molar-refractivity contribution in [1.29, 1.82) is 0 Å². The van der Waals surface area contributed by atoms with E-state index in [1.54, 1.807) is 0 Å². The molecule has 4 aromatic rings. The molecule has 7 rings (SSSR count). The molecule has 4 heterocycles. The van der Waals surface area contributed by atoms with Gasteiger partial charge in [-0.2, -0.15) is 10.1 Å². The SMILES string of the molecule is O=C(Nc1ccccc1)N1CC2CC1CN2c1nc(Nc2cc(C3CC3)[nH]n2)c2ccccc2n1. The Morgan fingerprint density at radius 1 is 0.971 bits per heavy atom. The van der Waals surface area contributed by atoms with Crippen LogP contribution in [0.5, 0.6) is 0 Å². The molecule has 3 aliphatic rings. The number of hydrogen-bond acceptors (Lipinski definition) is 6. The first-order valence-electron chi connectivity index (χ1n) is 12.2. The zero-order chi connectivity index (χ0) is 23.4. The van der Waals surface area contributed by atoms with Crippen LogP contribution in [0.25, 0.3) is 10.9 Å². The highest BCUT2D eigenvalue weighted by Crippen LogP contribution is 2.40. The summed E-state index contributed by atoms with van der Waals surface area (Å²) in [7, 11) is 0. The maximum atomic E-state index is 12.9. The second-order valence-corrected chi connectivity index (χ2v) is 9.64. The molecule has 1 saturated carbocycles. The van der Waals surface area contributed by atoms with Crippen LogP contribution in [0.15, 0.2) is 60.7 Å². The Hall–Kier alpha value is -4.14. The lowest BCUT2D eigenvalue weighted by Crippen LogP contribution is -2.50. The Bertz CT molecular complexity index is 1400. The van der Waals surface area contributed by atoms with E-state index in [4.69, 9.17) is 9.97 Å². The number of hydrogen-bond donors (Lipinski definition) is 3. The first-order valence-corrected chi connectivity index (χ1v) is 12.2. The second kappa shape index (κ2) is 7.97. The number of nitrogens with one attached hydrogen (secondary N) is 3. The highest BCUT2D eigenvalue weighted by molar-refractivity contribution is 5.92. The molecule has 2 bridgehead atoms. The lowest BCUT2D eigenvalue weighted by Gasteiger charge is -2.34. The Kier molecular flexibility index (Phi) is 4.61. The maximum Gasteiger partial charge on any atom is 0.322 e. The van der Waals surface area contributed by atoms with Gasteiger partial charge in [0.05, 0.1) is 17.6 Å². The molecule has 0 spiro atoms. The first-order chi connectivity index (χ1) is 17.2. The molecule has 35 heavy (non-hydrogen) atoms. The van der Waals surface area contributed by atoms with Crippen molar-refractivity contribution in [2.75, 3.05) is 28.6 Å². The molecular formula is C26H26N8O. The number of urea groups is 1. The Morgan fingerprint density at radius 3 is 2.60 bits per heavy atom. The number of aromatic nitrogens is 4. The van der Waals surface area contributed by atoms with Crippen molar-refractivity contribution in [3.05, 3.63) is 66.4 Å². The predicted molar refractivity (Wildman–Crippen MR) is 135 cm³/mol. The third kappa shape index (κ3) is 3.73. The van der Waals surface area contributed by atoms with Gasteiger partial charge in [-0.3, -0.25) is 5.10 Å². The molecule has 2 saturated heterocycles. The number of piperazine rings is 1. The van der Waals surface area contributed by atoms with Gasteiger partial charge in [0.25, 0.3) is 0 Å².